The van der Waals surface area contributed by atoms with Crippen LogP contribution in [0.2, 0.25) is 0 Å². The van der Waals surface area contributed by atoms with Crippen molar-refractivity contribution in [2.75, 3.05) is 13.2 Å². The van der Waals surface area contributed by atoms with Crippen LogP contribution in [0.25, 0.3) is 0 Å². The molecule has 1 amide bonds. The molecule has 1 saturated carbocycles. The van der Waals surface area contributed by atoms with E-state index >= 15 is 0 Å². The summed E-state index contributed by atoms with van der Waals surface area (Å²) in [4.78, 5) is 24.1. The maximum Gasteiger partial charge on any atom is 0.408 e. The van der Waals surface area contributed by atoms with E-state index in [0.717, 1.165) is 32.1 Å². The van der Waals surface area contributed by atoms with E-state index < -0.39 is 17.6 Å². The number of ether oxygens (including phenoxy) is 2. The Kier molecular flexibility index (Phi) is 6.06. The van der Waals surface area contributed by atoms with Crippen molar-refractivity contribution in [2.24, 2.45) is 5.92 Å². The maximum absolute atomic E-state index is 12.2. The highest BCUT2D eigenvalue weighted by Gasteiger charge is 2.48. The smallest absolute Gasteiger partial charge is 0.408 e. The van der Waals surface area contributed by atoms with Gasteiger partial charge in [0.1, 0.15) is 11.6 Å². The monoisotopic (exact) mass is 313 g/mol. The number of alkyl carbamates (subject to hydrolysis) is 1. The highest BCUT2D eigenvalue weighted by Crippen LogP contribution is 2.37. The van der Waals surface area contributed by atoms with Crippen molar-refractivity contribution in [3.63, 3.8) is 0 Å². The van der Waals surface area contributed by atoms with E-state index in [0.29, 0.717) is 32.5 Å². The SMILES string of the molecule is CCCC1CCCCC1(NC(=O)OC1CCOCC1)C(=O)O. The maximum atomic E-state index is 12.2. The Balaban J connectivity index is 2.02. The molecule has 2 N–H and O–H groups in total. The number of hydrogen-bond acceptors (Lipinski definition) is 4. The van der Waals surface area contributed by atoms with Crippen LogP contribution in [-0.2, 0) is 14.3 Å². The molecule has 0 bridgehead atoms. The fraction of sp³-hybridized carbons (Fsp3) is 0.875. The largest absolute Gasteiger partial charge is 0.479 e. The second-order valence-electron chi connectivity index (χ2n) is 6.35. The molecule has 0 aromatic heterocycles. The summed E-state index contributed by atoms with van der Waals surface area (Å²) in [5.41, 5.74) is -1.17. The van der Waals surface area contributed by atoms with Crippen LogP contribution in [0.1, 0.15) is 58.3 Å². The third-order valence-corrected chi connectivity index (χ3v) is 4.86. The zero-order valence-electron chi connectivity index (χ0n) is 13.3. The third-order valence-electron chi connectivity index (χ3n) is 4.86. The molecule has 0 radical (unpaired) electrons. The number of nitrogens with one attached hydrogen (secondary N) is 1. The van der Waals surface area contributed by atoms with Crippen LogP contribution in [0.3, 0.4) is 0 Å². The first kappa shape index (κ1) is 17.1. The van der Waals surface area contributed by atoms with Gasteiger partial charge in [-0.2, -0.15) is 0 Å². The number of rotatable bonds is 5. The van der Waals surface area contributed by atoms with Crippen LogP contribution < -0.4 is 5.32 Å². The fourth-order valence-electron chi connectivity index (χ4n) is 3.64. The summed E-state index contributed by atoms with van der Waals surface area (Å²) in [5.74, 6) is -0.958. The number of hydrogen-bond donors (Lipinski definition) is 2. The van der Waals surface area contributed by atoms with Gasteiger partial charge in [0, 0.05) is 12.8 Å². The first-order chi connectivity index (χ1) is 10.6. The quantitative estimate of drug-likeness (QED) is 0.815. The molecule has 1 saturated heterocycles. The van der Waals surface area contributed by atoms with Gasteiger partial charge in [-0.25, -0.2) is 9.59 Å². The lowest BCUT2D eigenvalue weighted by Crippen LogP contribution is -2.61. The molecule has 2 atom stereocenters. The van der Waals surface area contributed by atoms with Gasteiger partial charge in [-0.1, -0.05) is 26.2 Å². The van der Waals surface area contributed by atoms with Crippen LogP contribution in [0.15, 0.2) is 0 Å². The zero-order valence-corrected chi connectivity index (χ0v) is 13.3. The van der Waals surface area contributed by atoms with Crippen molar-refractivity contribution in [1.82, 2.24) is 5.32 Å². The number of carbonyl (C=O) groups excluding carboxylic acids is 1. The number of carboxylic acids is 1. The normalized spacial score (nSPS) is 29.8. The first-order valence-electron chi connectivity index (χ1n) is 8.38. The average Bonchev–Trinajstić information content (AvgIpc) is 2.50. The van der Waals surface area contributed by atoms with E-state index in [9.17, 15) is 14.7 Å². The topological polar surface area (TPSA) is 84.9 Å². The Morgan fingerprint density at radius 1 is 1.27 bits per heavy atom. The van der Waals surface area contributed by atoms with Gasteiger partial charge >= 0.3 is 12.1 Å². The summed E-state index contributed by atoms with van der Waals surface area (Å²) >= 11 is 0. The van der Waals surface area contributed by atoms with Crippen molar-refractivity contribution in [1.29, 1.82) is 0 Å². The molecule has 6 nitrogen and oxygen atoms in total. The molecule has 0 spiro atoms. The van der Waals surface area contributed by atoms with Crippen molar-refractivity contribution < 1.29 is 24.2 Å². The average molecular weight is 313 g/mol. The molecule has 1 heterocycles. The standard InChI is InChI=1S/C16H27NO5/c1-2-5-12-6-3-4-9-16(12,14(18)19)17-15(20)22-13-7-10-21-11-8-13/h12-13H,2-11H2,1H3,(H,17,20)(H,18,19). The first-order valence-corrected chi connectivity index (χ1v) is 8.38. The highest BCUT2D eigenvalue weighted by atomic mass is 16.6. The Bertz CT molecular complexity index is 392. The predicted molar refractivity (Wildman–Crippen MR) is 80.7 cm³/mol. The van der Waals surface area contributed by atoms with Gasteiger partial charge in [0.05, 0.1) is 13.2 Å². The molecule has 0 aromatic carbocycles. The molecule has 6 heteroatoms. The van der Waals surface area contributed by atoms with E-state index in [4.69, 9.17) is 9.47 Å². The number of amides is 1. The molecular weight excluding hydrogens is 286 g/mol. The summed E-state index contributed by atoms with van der Waals surface area (Å²) in [6.45, 7) is 3.21. The van der Waals surface area contributed by atoms with Gasteiger partial charge in [0.15, 0.2) is 0 Å². The summed E-state index contributed by atoms with van der Waals surface area (Å²) in [7, 11) is 0. The van der Waals surface area contributed by atoms with Crippen molar-refractivity contribution in [3.8, 4) is 0 Å². The minimum Gasteiger partial charge on any atom is -0.479 e. The fourth-order valence-corrected chi connectivity index (χ4v) is 3.64. The van der Waals surface area contributed by atoms with E-state index in [2.05, 4.69) is 5.32 Å². The number of carbonyl (C=O) groups is 2. The molecule has 22 heavy (non-hydrogen) atoms. The van der Waals surface area contributed by atoms with E-state index in [1.807, 2.05) is 6.92 Å². The lowest BCUT2D eigenvalue weighted by Gasteiger charge is -2.41. The third kappa shape index (κ3) is 3.91. The lowest BCUT2D eigenvalue weighted by molar-refractivity contribution is -0.149. The minimum absolute atomic E-state index is 0.0222. The lowest BCUT2D eigenvalue weighted by atomic mass is 9.71. The Labute approximate surface area is 131 Å². The van der Waals surface area contributed by atoms with Gasteiger partial charge in [0.2, 0.25) is 0 Å². The molecule has 2 rings (SSSR count). The van der Waals surface area contributed by atoms with Crippen molar-refractivity contribution >= 4 is 12.1 Å². The molecule has 1 aliphatic heterocycles. The molecule has 2 unspecified atom stereocenters. The highest BCUT2D eigenvalue weighted by molar-refractivity contribution is 5.85. The molecule has 2 fully saturated rings. The second-order valence-corrected chi connectivity index (χ2v) is 6.35. The summed E-state index contributed by atoms with van der Waals surface area (Å²) in [6, 6.07) is 0. The van der Waals surface area contributed by atoms with Gasteiger partial charge in [-0.3, -0.25) is 0 Å². The summed E-state index contributed by atoms with van der Waals surface area (Å²) in [6.07, 6.45) is 5.47. The number of carboxylic acid groups (broad SMARTS) is 1. The Hall–Kier alpha value is -1.30. The molecule has 0 aromatic rings. The minimum atomic E-state index is -1.17. The molecule has 126 valence electrons. The Morgan fingerprint density at radius 2 is 2.00 bits per heavy atom. The van der Waals surface area contributed by atoms with Gasteiger partial charge in [-0.15, -0.1) is 0 Å². The molecule has 2 aliphatic rings. The summed E-state index contributed by atoms with van der Waals surface area (Å²) in [5, 5.41) is 12.5. The molecule has 1 aliphatic carbocycles. The Morgan fingerprint density at radius 3 is 2.64 bits per heavy atom. The van der Waals surface area contributed by atoms with Crippen LogP contribution in [0.4, 0.5) is 4.79 Å². The second kappa shape index (κ2) is 7.81. The van der Waals surface area contributed by atoms with Gasteiger partial charge in [0.25, 0.3) is 0 Å². The van der Waals surface area contributed by atoms with Crippen molar-refractivity contribution in [3.05, 3.63) is 0 Å². The summed E-state index contributed by atoms with van der Waals surface area (Å²) < 4.78 is 10.6. The molecular formula is C16H27NO5. The van der Waals surface area contributed by atoms with Crippen LogP contribution in [0, 0.1) is 5.92 Å². The number of aliphatic carboxylic acids is 1. The van der Waals surface area contributed by atoms with Crippen LogP contribution >= 0.6 is 0 Å². The predicted octanol–water partition coefficient (Wildman–Crippen LogP) is 2.71. The van der Waals surface area contributed by atoms with Crippen LogP contribution in [-0.4, -0.2) is 42.0 Å². The zero-order chi connectivity index (χ0) is 16.0. The van der Waals surface area contributed by atoms with E-state index in [-0.39, 0.29) is 12.0 Å². The van der Waals surface area contributed by atoms with E-state index in [1.165, 1.54) is 0 Å². The van der Waals surface area contributed by atoms with E-state index in [1.54, 1.807) is 0 Å². The van der Waals surface area contributed by atoms with Gasteiger partial charge in [-0.05, 0) is 25.2 Å². The van der Waals surface area contributed by atoms with Crippen LogP contribution in [0.5, 0.6) is 0 Å². The van der Waals surface area contributed by atoms with Gasteiger partial charge < -0.3 is 19.9 Å². The van der Waals surface area contributed by atoms with Crippen molar-refractivity contribution in [2.45, 2.75) is 69.9 Å².